The Morgan fingerprint density at radius 1 is 1.25 bits per heavy atom. The predicted octanol–water partition coefficient (Wildman–Crippen LogP) is 5.05. The van der Waals surface area contributed by atoms with Crippen LogP contribution in [-0.2, 0) is 13.0 Å². The fourth-order valence-electron chi connectivity index (χ4n) is 3.29. The molecular formula is C16H20Cl2N2. The number of hydrogen-bond donors (Lipinski definition) is 0. The van der Waals surface area contributed by atoms with Gasteiger partial charge in [-0.15, -0.1) is 11.6 Å². The largest absolute Gasteiger partial charge is 0.328 e. The molecule has 2 nitrogen and oxygen atoms in total. The number of alkyl halides is 1. The van der Waals surface area contributed by atoms with Gasteiger partial charge in [-0.3, -0.25) is 0 Å². The van der Waals surface area contributed by atoms with Crippen LogP contribution in [0.5, 0.6) is 0 Å². The molecule has 0 aliphatic heterocycles. The summed E-state index contributed by atoms with van der Waals surface area (Å²) >= 11 is 12.0. The highest BCUT2D eigenvalue weighted by atomic mass is 35.5. The summed E-state index contributed by atoms with van der Waals surface area (Å²) in [5, 5.41) is 0.746. The molecule has 0 atom stereocenters. The van der Waals surface area contributed by atoms with Crippen molar-refractivity contribution >= 4 is 34.2 Å². The van der Waals surface area contributed by atoms with Gasteiger partial charge in [0.25, 0.3) is 0 Å². The highest BCUT2D eigenvalue weighted by molar-refractivity contribution is 6.31. The third kappa shape index (κ3) is 2.96. The maximum atomic E-state index is 6.06. The van der Waals surface area contributed by atoms with Gasteiger partial charge < -0.3 is 4.57 Å². The molecule has 1 aromatic heterocycles. The number of fused-ring (bicyclic) bond motifs is 1. The van der Waals surface area contributed by atoms with Gasteiger partial charge in [-0.05, 0) is 30.5 Å². The van der Waals surface area contributed by atoms with Crippen molar-refractivity contribution in [3.8, 4) is 0 Å². The Morgan fingerprint density at radius 3 is 2.80 bits per heavy atom. The zero-order valence-corrected chi connectivity index (χ0v) is 13.1. The summed E-state index contributed by atoms with van der Waals surface area (Å²) in [4.78, 5) is 4.70. The second kappa shape index (κ2) is 6.36. The maximum Gasteiger partial charge on any atom is 0.111 e. The van der Waals surface area contributed by atoms with E-state index in [1.807, 2.05) is 12.1 Å². The Balaban J connectivity index is 1.87. The molecular weight excluding hydrogens is 291 g/mol. The van der Waals surface area contributed by atoms with Crippen LogP contribution in [0.3, 0.4) is 0 Å². The molecule has 0 unspecified atom stereocenters. The van der Waals surface area contributed by atoms with E-state index in [0.29, 0.717) is 5.88 Å². The minimum Gasteiger partial charge on any atom is -0.328 e. The van der Waals surface area contributed by atoms with E-state index in [-0.39, 0.29) is 0 Å². The normalized spacial score (nSPS) is 16.3. The first-order chi connectivity index (χ1) is 9.78. The van der Waals surface area contributed by atoms with Gasteiger partial charge in [0.05, 0.1) is 11.0 Å². The van der Waals surface area contributed by atoms with Crippen molar-refractivity contribution in [1.29, 1.82) is 0 Å². The summed E-state index contributed by atoms with van der Waals surface area (Å²) in [7, 11) is 0. The van der Waals surface area contributed by atoms with E-state index in [4.69, 9.17) is 28.2 Å². The van der Waals surface area contributed by atoms with Gasteiger partial charge >= 0.3 is 0 Å². The molecule has 0 amide bonds. The summed E-state index contributed by atoms with van der Waals surface area (Å²) in [6.45, 7) is 1.05. The molecule has 1 aliphatic rings. The lowest BCUT2D eigenvalue weighted by atomic mass is 10.0. The smallest absolute Gasteiger partial charge is 0.111 e. The molecule has 0 bridgehead atoms. The molecule has 108 valence electrons. The van der Waals surface area contributed by atoms with Crippen LogP contribution in [0.15, 0.2) is 18.2 Å². The third-order valence-corrected chi connectivity index (χ3v) is 4.77. The van der Waals surface area contributed by atoms with Gasteiger partial charge in [0, 0.05) is 23.9 Å². The van der Waals surface area contributed by atoms with Crippen LogP contribution in [-0.4, -0.2) is 15.4 Å². The highest BCUT2D eigenvalue weighted by Crippen LogP contribution is 2.29. The zero-order valence-electron chi connectivity index (χ0n) is 11.6. The van der Waals surface area contributed by atoms with Crippen LogP contribution in [0.25, 0.3) is 11.0 Å². The fraction of sp³-hybridized carbons (Fsp3) is 0.562. The van der Waals surface area contributed by atoms with E-state index in [9.17, 15) is 0 Å². The fourth-order valence-corrected chi connectivity index (χ4v) is 3.62. The third-order valence-electron chi connectivity index (χ3n) is 4.34. The lowest BCUT2D eigenvalue weighted by molar-refractivity contribution is 0.457. The molecule has 2 aromatic rings. The van der Waals surface area contributed by atoms with Crippen molar-refractivity contribution in [1.82, 2.24) is 9.55 Å². The number of imidazole rings is 1. The molecule has 1 heterocycles. The van der Waals surface area contributed by atoms with Crippen LogP contribution in [0.4, 0.5) is 0 Å². The second-order valence-corrected chi connectivity index (χ2v) is 6.51. The number of hydrogen-bond acceptors (Lipinski definition) is 1. The van der Waals surface area contributed by atoms with E-state index in [0.717, 1.165) is 35.2 Å². The van der Waals surface area contributed by atoms with Crippen LogP contribution in [0.1, 0.15) is 37.9 Å². The number of aryl methyl sites for hydroxylation is 2. The molecule has 0 saturated heterocycles. The first kappa shape index (κ1) is 14.2. The Bertz CT molecular complexity index is 585. The SMILES string of the molecule is ClCCc1nc2cc(Cl)ccc2n1CCC1CCCC1. The van der Waals surface area contributed by atoms with Crippen molar-refractivity contribution in [2.75, 3.05) is 5.88 Å². The number of aromatic nitrogens is 2. The topological polar surface area (TPSA) is 17.8 Å². The molecule has 1 aliphatic carbocycles. The number of benzene rings is 1. The van der Waals surface area contributed by atoms with Gasteiger partial charge in [0.15, 0.2) is 0 Å². The summed E-state index contributed by atoms with van der Waals surface area (Å²) < 4.78 is 2.34. The quantitative estimate of drug-likeness (QED) is 0.706. The van der Waals surface area contributed by atoms with Crippen molar-refractivity contribution in [2.45, 2.75) is 45.1 Å². The number of nitrogens with zero attached hydrogens (tertiary/aromatic N) is 2. The van der Waals surface area contributed by atoms with Crippen molar-refractivity contribution < 1.29 is 0 Å². The predicted molar refractivity (Wildman–Crippen MR) is 85.7 cm³/mol. The lowest BCUT2D eigenvalue weighted by Gasteiger charge is -2.12. The molecule has 1 fully saturated rings. The van der Waals surface area contributed by atoms with Crippen LogP contribution in [0.2, 0.25) is 5.02 Å². The van der Waals surface area contributed by atoms with Crippen LogP contribution in [0, 0.1) is 5.92 Å². The zero-order chi connectivity index (χ0) is 13.9. The van der Waals surface area contributed by atoms with E-state index in [1.54, 1.807) is 0 Å². The van der Waals surface area contributed by atoms with E-state index >= 15 is 0 Å². The van der Waals surface area contributed by atoms with Gasteiger partial charge in [-0.2, -0.15) is 0 Å². The Morgan fingerprint density at radius 2 is 2.05 bits per heavy atom. The van der Waals surface area contributed by atoms with Gasteiger partial charge in [-0.1, -0.05) is 37.3 Å². The van der Waals surface area contributed by atoms with E-state index in [1.165, 1.54) is 37.6 Å². The summed E-state index contributed by atoms with van der Waals surface area (Å²) in [6.07, 6.45) is 7.66. The molecule has 1 aromatic carbocycles. The average molecular weight is 311 g/mol. The molecule has 1 saturated carbocycles. The van der Waals surface area contributed by atoms with Gasteiger partial charge in [-0.25, -0.2) is 4.98 Å². The molecule has 20 heavy (non-hydrogen) atoms. The van der Waals surface area contributed by atoms with Crippen molar-refractivity contribution in [3.05, 3.63) is 29.0 Å². The Labute approximate surface area is 130 Å². The average Bonchev–Trinajstić information content (AvgIpc) is 3.04. The first-order valence-electron chi connectivity index (χ1n) is 7.48. The van der Waals surface area contributed by atoms with Gasteiger partial charge in [0.1, 0.15) is 5.82 Å². The second-order valence-electron chi connectivity index (χ2n) is 5.69. The van der Waals surface area contributed by atoms with Crippen molar-refractivity contribution in [3.63, 3.8) is 0 Å². The molecule has 0 spiro atoms. The number of halogens is 2. The molecule has 0 radical (unpaired) electrons. The van der Waals surface area contributed by atoms with Gasteiger partial charge in [0.2, 0.25) is 0 Å². The first-order valence-corrected chi connectivity index (χ1v) is 8.40. The Hall–Kier alpha value is -0.730. The molecule has 3 rings (SSSR count). The Kier molecular flexibility index (Phi) is 4.52. The number of rotatable bonds is 5. The minimum atomic E-state index is 0.612. The monoisotopic (exact) mass is 310 g/mol. The van der Waals surface area contributed by atoms with E-state index in [2.05, 4.69) is 10.6 Å². The van der Waals surface area contributed by atoms with E-state index < -0.39 is 0 Å². The van der Waals surface area contributed by atoms with Crippen molar-refractivity contribution in [2.24, 2.45) is 5.92 Å². The van der Waals surface area contributed by atoms with Crippen LogP contribution < -0.4 is 0 Å². The minimum absolute atomic E-state index is 0.612. The summed E-state index contributed by atoms with van der Waals surface area (Å²) in [6, 6.07) is 5.97. The standard InChI is InChI=1S/C16H20Cl2N2/c17-9-7-16-19-14-11-13(18)5-6-15(14)20(16)10-8-12-3-1-2-4-12/h5-6,11-12H,1-4,7-10H2. The summed E-state index contributed by atoms with van der Waals surface area (Å²) in [5.41, 5.74) is 2.18. The highest BCUT2D eigenvalue weighted by Gasteiger charge is 2.17. The summed E-state index contributed by atoms with van der Waals surface area (Å²) in [5.74, 6) is 2.60. The lowest BCUT2D eigenvalue weighted by Crippen LogP contribution is -2.08. The maximum absolute atomic E-state index is 6.06. The molecule has 4 heteroatoms. The van der Waals surface area contributed by atoms with Crippen LogP contribution >= 0.6 is 23.2 Å². The molecule has 0 N–H and O–H groups in total.